The summed E-state index contributed by atoms with van der Waals surface area (Å²) in [4.78, 5) is 31.5. The first kappa shape index (κ1) is 15.4. The lowest BCUT2D eigenvalue weighted by Crippen LogP contribution is -2.23. The minimum atomic E-state index is -0.220. The van der Waals surface area contributed by atoms with Crippen molar-refractivity contribution in [3.05, 3.63) is 58.1 Å². The van der Waals surface area contributed by atoms with Crippen LogP contribution >= 0.6 is 0 Å². The van der Waals surface area contributed by atoms with Gasteiger partial charge in [-0.1, -0.05) is 6.07 Å². The molecule has 25 heavy (non-hydrogen) atoms. The highest BCUT2D eigenvalue weighted by molar-refractivity contribution is 5.97. The summed E-state index contributed by atoms with van der Waals surface area (Å²) in [5, 5.41) is 2.81. The number of aromatic amines is 1. The molecule has 3 aromatic rings. The fourth-order valence-corrected chi connectivity index (χ4v) is 2.91. The summed E-state index contributed by atoms with van der Waals surface area (Å²) in [6.45, 7) is 1.03. The number of carbonyl (C=O) groups excluding carboxylic acids is 1. The van der Waals surface area contributed by atoms with Crippen molar-refractivity contribution in [3.8, 4) is 0 Å². The van der Waals surface area contributed by atoms with Crippen molar-refractivity contribution in [2.24, 2.45) is 5.92 Å². The van der Waals surface area contributed by atoms with Crippen LogP contribution in [0.3, 0.4) is 0 Å². The summed E-state index contributed by atoms with van der Waals surface area (Å²) < 4.78 is 1.76. The van der Waals surface area contributed by atoms with Gasteiger partial charge in [-0.3, -0.25) is 9.36 Å². The van der Waals surface area contributed by atoms with Gasteiger partial charge >= 0.3 is 5.69 Å². The topological polar surface area (TPSA) is 106 Å². The number of rotatable bonds is 5. The number of anilines is 1. The fourth-order valence-electron chi connectivity index (χ4n) is 2.91. The molecule has 1 aromatic carbocycles. The number of amides is 1. The van der Waals surface area contributed by atoms with Gasteiger partial charge < -0.3 is 16.0 Å². The van der Waals surface area contributed by atoms with Crippen molar-refractivity contribution in [3.63, 3.8) is 0 Å². The lowest BCUT2D eigenvalue weighted by atomic mass is 10.2. The zero-order valence-electron chi connectivity index (χ0n) is 13.7. The number of aromatic nitrogens is 3. The van der Waals surface area contributed by atoms with E-state index in [2.05, 4.69) is 15.3 Å². The van der Waals surface area contributed by atoms with Gasteiger partial charge in [0.15, 0.2) is 0 Å². The molecule has 1 fully saturated rings. The Morgan fingerprint density at radius 2 is 2.16 bits per heavy atom. The van der Waals surface area contributed by atoms with Crippen LogP contribution in [-0.4, -0.2) is 20.4 Å². The van der Waals surface area contributed by atoms with Gasteiger partial charge in [0.1, 0.15) is 5.82 Å². The second-order valence-electron chi connectivity index (χ2n) is 6.45. The minimum absolute atomic E-state index is 0.122. The average Bonchev–Trinajstić information content (AvgIpc) is 3.36. The van der Waals surface area contributed by atoms with Crippen molar-refractivity contribution >= 4 is 22.8 Å². The molecule has 2 aromatic heterocycles. The molecule has 4 N–H and O–H groups in total. The molecule has 1 saturated carbocycles. The van der Waals surface area contributed by atoms with Crippen LogP contribution in [0.4, 0.5) is 5.82 Å². The van der Waals surface area contributed by atoms with E-state index in [1.165, 1.54) is 12.8 Å². The van der Waals surface area contributed by atoms with Gasteiger partial charge in [0.05, 0.1) is 23.3 Å². The third kappa shape index (κ3) is 3.26. The number of pyridine rings is 1. The number of benzene rings is 1. The highest BCUT2D eigenvalue weighted by Crippen LogP contribution is 2.31. The normalized spacial score (nSPS) is 13.9. The van der Waals surface area contributed by atoms with Gasteiger partial charge in [-0.2, -0.15) is 0 Å². The summed E-state index contributed by atoms with van der Waals surface area (Å²) in [6, 6.07) is 10.6. The zero-order valence-corrected chi connectivity index (χ0v) is 13.7. The number of nitrogens with two attached hydrogens (primary N) is 1. The fraction of sp³-hybridized carbons (Fsp3) is 0.278. The van der Waals surface area contributed by atoms with Crippen LogP contribution < -0.4 is 16.7 Å². The van der Waals surface area contributed by atoms with E-state index in [0.717, 1.165) is 12.1 Å². The van der Waals surface area contributed by atoms with E-state index in [0.29, 0.717) is 35.1 Å². The monoisotopic (exact) mass is 337 g/mol. The number of H-pyrrole nitrogens is 1. The van der Waals surface area contributed by atoms with Gasteiger partial charge in [-0.25, -0.2) is 9.78 Å². The van der Waals surface area contributed by atoms with Crippen LogP contribution in [0.5, 0.6) is 0 Å². The highest BCUT2D eigenvalue weighted by Gasteiger charge is 2.23. The van der Waals surface area contributed by atoms with E-state index >= 15 is 0 Å². The van der Waals surface area contributed by atoms with E-state index in [1.54, 1.807) is 34.9 Å². The molecule has 7 nitrogen and oxygen atoms in total. The SMILES string of the molecule is Nc1cccc(CNC(=O)c2ccc3c(c2)[nH]c(=O)n3CC2CC2)n1. The number of hydrogen-bond acceptors (Lipinski definition) is 4. The maximum atomic E-state index is 12.4. The number of nitrogen functional groups attached to an aromatic ring is 1. The lowest BCUT2D eigenvalue weighted by Gasteiger charge is -2.06. The Balaban J connectivity index is 1.52. The molecule has 7 heteroatoms. The molecule has 0 unspecified atom stereocenters. The van der Waals surface area contributed by atoms with E-state index in [-0.39, 0.29) is 11.6 Å². The molecule has 0 aliphatic heterocycles. The second kappa shape index (κ2) is 6.08. The maximum absolute atomic E-state index is 12.4. The molecule has 0 atom stereocenters. The Labute approximate surface area is 143 Å². The first-order valence-electron chi connectivity index (χ1n) is 8.32. The average molecular weight is 337 g/mol. The number of fused-ring (bicyclic) bond motifs is 1. The molecule has 4 rings (SSSR count). The quantitative estimate of drug-likeness (QED) is 0.658. The molecule has 1 amide bonds. The van der Waals surface area contributed by atoms with Gasteiger partial charge in [0, 0.05) is 12.1 Å². The van der Waals surface area contributed by atoms with Crippen LogP contribution in [0, 0.1) is 5.92 Å². The number of nitrogens with one attached hydrogen (secondary N) is 2. The first-order chi connectivity index (χ1) is 12.1. The Morgan fingerprint density at radius 3 is 2.92 bits per heavy atom. The van der Waals surface area contributed by atoms with Gasteiger partial charge in [-0.05, 0) is 49.1 Å². The number of imidazole rings is 1. The molecule has 128 valence electrons. The first-order valence-corrected chi connectivity index (χ1v) is 8.32. The van der Waals surface area contributed by atoms with Crippen molar-refractivity contribution < 1.29 is 4.79 Å². The zero-order chi connectivity index (χ0) is 17.4. The largest absolute Gasteiger partial charge is 0.384 e. The summed E-state index contributed by atoms with van der Waals surface area (Å²) >= 11 is 0. The molecular formula is C18H19N5O2. The predicted molar refractivity (Wildman–Crippen MR) is 95.1 cm³/mol. The highest BCUT2D eigenvalue weighted by atomic mass is 16.2. The molecule has 0 saturated heterocycles. The van der Waals surface area contributed by atoms with E-state index in [4.69, 9.17) is 5.73 Å². The maximum Gasteiger partial charge on any atom is 0.326 e. The standard InChI is InChI=1S/C18H19N5O2/c19-16-3-1-2-13(21-16)9-20-17(24)12-6-7-15-14(8-12)22-18(25)23(15)10-11-4-5-11/h1-3,6-8,11H,4-5,9-10H2,(H2,19,21)(H,20,24)(H,22,25). The third-order valence-electron chi connectivity index (χ3n) is 4.43. The summed E-state index contributed by atoms with van der Waals surface area (Å²) in [5.74, 6) is 0.801. The lowest BCUT2D eigenvalue weighted by molar-refractivity contribution is 0.0950. The van der Waals surface area contributed by atoms with Crippen molar-refractivity contribution in [1.29, 1.82) is 0 Å². The Bertz CT molecular complexity index is 1000. The van der Waals surface area contributed by atoms with E-state index < -0.39 is 0 Å². The third-order valence-corrected chi connectivity index (χ3v) is 4.43. The van der Waals surface area contributed by atoms with E-state index in [1.807, 2.05) is 6.07 Å². The van der Waals surface area contributed by atoms with Crippen LogP contribution in [0.25, 0.3) is 11.0 Å². The summed E-state index contributed by atoms with van der Waals surface area (Å²) in [6.07, 6.45) is 2.36. The molecule has 1 aliphatic carbocycles. The van der Waals surface area contributed by atoms with Gasteiger partial charge in [0.25, 0.3) is 5.91 Å². The predicted octanol–water partition coefficient (Wildman–Crippen LogP) is 1.65. The van der Waals surface area contributed by atoms with Crippen molar-refractivity contribution in [2.45, 2.75) is 25.9 Å². The summed E-state index contributed by atoms with van der Waals surface area (Å²) in [7, 11) is 0. The van der Waals surface area contributed by atoms with E-state index in [9.17, 15) is 9.59 Å². The molecule has 1 aliphatic rings. The van der Waals surface area contributed by atoms with Crippen LogP contribution in [0.2, 0.25) is 0 Å². The van der Waals surface area contributed by atoms with Gasteiger partial charge in [0.2, 0.25) is 0 Å². The van der Waals surface area contributed by atoms with Crippen molar-refractivity contribution in [1.82, 2.24) is 19.9 Å². The molecule has 0 radical (unpaired) electrons. The number of carbonyl (C=O) groups is 1. The Hall–Kier alpha value is -3.09. The minimum Gasteiger partial charge on any atom is -0.384 e. The Kier molecular flexibility index (Phi) is 3.76. The number of hydrogen-bond donors (Lipinski definition) is 3. The summed E-state index contributed by atoms with van der Waals surface area (Å²) in [5.41, 5.74) is 8.22. The van der Waals surface area contributed by atoms with Crippen LogP contribution in [-0.2, 0) is 13.1 Å². The van der Waals surface area contributed by atoms with Gasteiger partial charge in [-0.15, -0.1) is 0 Å². The van der Waals surface area contributed by atoms with Crippen LogP contribution in [0.1, 0.15) is 28.9 Å². The Morgan fingerprint density at radius 1 is 1.32 bits per heavy atom. The molecular weight excluding hydrogens is 318 g/mol. The van der Waals surface area contributed by atoms with Crippen LogP contribution in [0.15, 0.2) is 41.2 Å². The second-order valence-corrected chi connectivity index (χ2v) is 6.45. The molecule has 0 spiro atoms. The van der Waals surface area contributed by atoms with Crippen molar-refractivity contribution in [2.75, 3.05) is 5.73 Å². The molecule has 0 bridgehead atoms. The molecule has 2 heterocycles. The smallest absolute Gasteiger partial charge is 0.326 e. The number of nitrogens with zero attached hydrogens (tertiary/aromatic N) is 2.